The summed E-state index contributed by atoms with van der Waals surface area (Å²) in [4.78, 5) is 20.2. The van der Waals surface area contributed by atoms with Crippen LogP contribution >= 0.6 is 0 Å². The van der Waals surface area contributed by atoms with Crippen LogP contribution in [-0.2, 0) is 4.79 Å². The Bertz CT molecular complexity index is 853. The monoisotopic (exact) mass is 364 g/mol. The van der Waals surface area contributed by atoms with Crippen molar-refractivity contribution in [2.45, 2.75) is 26.7 Å². The molecular formula is C21H24N4O2. The SMILES string of the molecule is CCCC(=O)N1CCN(c2oc(C=Cc3ccc(C)cc3)nc2C#N)CC1. The third-order valence-electron chi connectivity index (χ3n) is 4.61. The summed E-state index contributed by atoms with van der Waals surface area (Å²) in [6, 6.07) is 10.2. The first kappa shape index (κ1) is 18.7. The molecule has 1 fully saturated rings. The molecule has 6 heteroatoms. The fourth-order valence-corrected chi connectivity index (χ4v) is 3.06. The first-order valence-electron chi connectivity index (χ1n) is 9.29. The van der Waals surface area contributed by atoms with Crippen LogP contribution in [0.2, 0.25) is 0 Å². The van der Waals surface area contributed by atoms with Crippen molar-refractivity contribution < 1.29 is 9.21 Å². The van der Waals surface area contributed by atoms with Crippen molar-refractivity contribution >= 4 is 23.9 Å². The van der Waals surface area contributed by atoms with Crippen LogP contribution in [0.15, 0.2) is 28.7 Å². The predicted molar refractivity (Wildman–Crippen MR) is 105 cm³/mol. The van der Waals surface area contributed by atoms with E-state index < -0.39 is 0 Å². The number of anilines is 1. The second-order valence-electron chi connectivity index (χ2n) is 6.68. The molecule has 0 aliphatic carbocycles. The number of rotatable bonds is 5. The first-order chi connectivity index (χ1) is 13.1. The lowest BCUT2D eigenvalue weighted by atomic mass is 10.1. The second kappa shape index (κ2) is 8.54. The Hall–Kier alpha value is -3.07. The van der Waals surface area contributed by atoms with Gasteiger partial charge >= 0.3 is 0 Å². The zero-order valence-corrected chi connectivity index (χ0v) is 15.8. The molecule has 0 N–H and O–H groups in total. The van der Waals surface area contributed by atoms with Gasteiger partial charge in [-0.1, -0.05) is 36.8 Å². The molecule has 1 saturated heterocycles. The average molecular weight is 364 g/mol. The number of benzene rings is 1. The maximum Gasteiger partial charge on any atom is 0.235 e. The molecule has 0 saturated carbocycles. The molecule has 27 heavy (non-hydrogen) atoms. The van der Waals surface area contributed by atoms with E-state index in [0.29, 0.717) is 44.4 Å². The lowest BCUT2D eigenvalue weighted by Crippen LogP contribution is -2.48. The minimum atomic E-state index is 0.192. The Morgan fingerprint density at radius 3 is 2.56 bits per heavy atom. The van der Waals surface area contributed by atoms with Crippen molar-refractivity contribution in [3.8, 4) is 6.07 Å². The van der Waals surface area contributed by atoms with Gasteiger partial charge in [0.05, 0.1) is 0 Å². The third-order valence-corrected chi connectivity index (χ3v) is 4.61. The Morgan fingerprint density at radius 1 is 1.22 bits per heavy atom. The highest BCUT2D eigenvalue weighted by Crippen LogP contribution is 2.24. The molecule has 3 rings (SSSR count). The third kappa shape index (κ3) is 4.56. The van der Waals surface area contributed by atoms with Gasteiger partial charge in [0, 0.05) is 38.7 Å². The van der Waals surface area contributed by atoms with E-state index in [9.17, 15) is 10.1 Å². The zero-order valence-electron chi connectivity index (χ0n) is 15.8. The summed E-state index contributed by atoms with van der Waals surface area (Å²) in [5.41, 5.74) is 2.53. The first-order valence-corrected chi connectivity index (χ1v) is 9.29. The van der Waals surface area contributed by atoms with Gasteiger partial charge in [0.2, 0.25) is 23.4 Å². The van der Waals surface area contributed by atoms with Gasteiger partial charge in [-0.25, -0.2) is 0 Å². The summed E-state index contributed by atoms with van der Waals surface area (Å²) in [7, 11) is 0. The van der Waals surface area contributed by atoms with Gasteiger partial charge in [-0.3, -0.25) is 4.79 Å². The Labute approximate surface area is 159 Å². The minimum Gasteiger partial charge on any atom is -0.420 e. The van der Waals surface area contributed by atoms with Crippen LogP contribution in [0.1, 0.15) is 42.5 Å². The van der Waals surface area contributed by atoms with E-state index >= 15 is 0 Å². The van der Waals surface area contributed by atoms with Gasteiger partial charge < -0.3 is 14.2 Å². The van der Waals surface area contributed by atoms with Gasteiger partial charge in [-0.2, -0.15) is 10.2 Å². The Balaban J connectivity index is 1.69. The molecule has 1 aromatic carbocycles. The lowest BCUT2D eigenvalue weighted by Gasteiger charge is -2.34. The average Bonchev–Trinajstić information content (AvgIpc) is 3.11. The summed E-state index contributed by atoms with van der Waals surface area (Å²) in [5, 5.41) is 9.40. The molecule has 6 nitrogen and oxygen atoms in total. The van der Waals surface area contributed by atoms with Crippen LogP contribution in [0, 0.1) is 18.3 Å². The summed E-state index contributed by atoms with van der Waals surface area (Å²) in [6.45, 7) is 6.61. The fraction of sp³-hybridized carbons (Fsp3) is 0.381. The topological polar surface area (TPSA) is 73.4 Å². The number of nitriles is 1. The number of carbonyl (C=O) groups excluding carboxylic acids is 1. The minimum absolute atomic E-state index is 0.192. The quantitative estimate of drug-likeness (QED) is 0.812. The van der Waals surface area contributed by atoms with Crippen molar-refractivity contribution in [2.24, 2.45) is 0 Å². The largest absolute Gasteiger partial charge is 0.420 e. The molecular weight excluding hydrogens is 340 g/mol. The van der Waals surface area contributed by atoms with E-state index in [1.807, 2.05) is 54.0 Å². The summed E-state index contributed by atoms with van der Waals surface area (Å²) >= 11 is 0. The predicted octanol–water partition coefficient (Wildman–Crippen LogP) is 3.47. The van der Waals surface area contributed by atoms with Crippen LogP contribution in [0.3, 0.4) is 0 Å². The highest BCUT2D eigenvalue weighted by Gasteiger charge is 2.25. The maximum absolute atomic E-state index is 12.0. The van der Waals surface area contributed by atoms with Gasteiger partial charge in [-0.05, 0) is 25.0 Å². The molecule has 140 valence electrons. The normalized spacial score (nSPS) is 14.6. The van der Waals surface area contributed by atoms with Gasteiger partial charge in [0.25, 0.3) is 0 Å². The maximum atomic E-state index is 12.0. The van der Waals surface area contributed by atoms with E-state index in [4.69, 9.17) is 4.42 Å². The number of amides is 1. The number of aryl methyl sites for hydroxylation is 1. The van der Waals surface area contributed by atoms with E-state index in [-0.39, 0.29) is 11.6 Å². The van der Waals surface area contributed by atoms with Crippen molar-refractivity contribution in [1.82, 2.24) is 9.88 Å². The van der Waals surface area contributed by atoms with E-state index in [2.05, 4.69) is 11.1 Å². The Morgan fingerprint density at radius 2 is 1.93 bits per heavy atom. The van der Waals surface area contributed by atoms with Crippen molar-refractivity contribution in [2.75, 3.05) is 31.1 Å². The summed E-state index contributed by atoms with van der Waals surface area (Å²) in [6.07, 6.45) is 5.13. The number of aromatic nitrogens is 1. The summed E-state index contributed by atoms with van der Waals surface area (Å²) < 4.78 is 5.84. The van der Waals surface area contributed by atoms with Gasteiger partial charge in [0.15, 0.2) is 0 Å². The zero-order chi connectivity index (χ0) is 19.2. The van der Waals surface area contributed by atoms with Gasteiger partial charge in [0.1, 0.15) is 6.07 Å². The molecule has 0 bridgehead atoms. The molecule has 0 unspecified atom stereocenters. The molecule has 1 amide bonds. The second-order valence-corrected chi connectivity index (χ2v) is 6.68. The van der Waals surface area contributed by atoms with E-state index in [1.165, 1.54) is 5.56 Å². The summed E-state index contributed by atoms with van der Waals surface area (Å²) in [5.74, 6) is 1.09. The lowest BCUT2D eigenvalue weighted by molar-refractivity contribution is -0.131. The van der Waals surface area contributed by atoms with Crippen LogP contribution < -0.4 is 4.90 Å². The van der Waals surface area contributed by atoms with Crippen molar-refractivity contribution in [1.29, 1.82) is 5.26 Å². The highest BCUT2D eigenvalue weighted by atomic mass is 16.4. The van der Waals surface area contributed by atoms with Crippen LogP contribution in [0.25, 0.3) is 12.2 Å². The number of hydrogen-bond acceptors (Lipinski definition) is 5. The molecule has 0 atom stereocenters. The fourth-order valence-electron chi connectivity index (χ4n) is 3.06. The number of nitrogens with zero attached hydrogens (tertiary/aromatic N) is 4. The number of piperazine rings is 1. The molecule has 0 radical (unpaired) electrons. The molecule has 2 heterocycles. The molecule has 2 aromatic rings. The van der Waals surface area contributed by atoms with Crippen molar-refractivity contribution in [3.05, 3.63) is 47.0 Å². The van der Waals surface area contributed by atoms with Crippen LogP contribution in [0.4, 0.5) is 5.88 Å². The Kier molecular flexibility index (Phi) is 5.92. The van der Waals surface area contributed by atoms with Crippen LogP contribution in [-0.4, -0.2) is 42.0 Å². The smallest absolute Gasteiger partial charge is 0.235 e. The van der Waals surface area contributed by atoms with E-state index in [0.717, 1.165) is 12.0 Å². The molecule has 1 aliphatic heterocycles. The van der Waals surface area contributed by atoms with Crippen molar-refractivity contribution in [3.63, 3.8) is 0 Å². The molecule has 0 spiro atoms. The van der Waals surface area contributed by atoms with E-state index in [1.54, 1.807) is 6.08 Å². The number of carbonyl (C=O) groups is 1. The number of oxazole rings is 1. The molecule has 1 aromatic heterocycles. The van der Waals surface area contributed by atoms with Crippen LogP contribution in [0.5, 0.6) is 0 Å². The highest BCUT2D eigenvalue weighted by molar-refractivity contribution is 5.76. The standard InChI is InChI=1S/C21H24N4O2/c1-3-4-20(26)24-11-13-25(14-12-24)21-18(15-22)23-19(27-21)10-9-17-7-5-16(2)6-8-17/h5-10H,3-4,11-14H2,1-2H3. The number of hydrogen-bond donors (Lipinski definition) is 0. The molecule has 1 aliphatic rings. The van der Waals surface area contributed by atoms with Gasteiger partial charge in [-0.15, -0.1) is 0 Å².